The summed E-state index contributed by atoms with van der Waals surface area (Å²) in [6.45, 7) is -0.251. The molecule has 0 saturated carbocycles. The van der Waals surface area contributed by atoms with Crippen LogP contribution in [0.2, 0.25) is 5.02 Å². The van der Waals surface area contributed by atoms with Crippen molar-refractivity contribution < 1.29 is 23.8 Å². The lowest BCUT2D eigenvalue weighted by atomic mass is 10.0. The number of carbonyl (C=O) groups excluding carboxylic acids is 1. The van der Waals surface area contributed by atoms with Crippen LogP contribution in [0.3, 0.4) is 0 Å². The number of aromatic carboxylic acids is 1. The van der Waals surface area contributed by atoms with Gasteiger partial charge in [-0.3, -0.25) is 14.0 Å². The molecule has 0 aliphatic rings. The molecule has 0 fully saturated rings. The summed E-state index contributed by atoms with van der Waals surface area (Å²) in [6, 6.07) is 18.1. The fourth-order valence-corrected chi connectivity index (χ4v) is 3.82. The van der Waals surface area contributed by atoms with Crippen LogP contribution in [0.5, 0.6) is 5.75 Å². The highest BCUT2D eigenvalue weighted by molar-refractivity contribution is 6.30. The van der Waals surface area contributed by atoms with E-state index in [0.29, 0.717) is 28.0 Å². The second-order valence-electron chi connectivity index (χ2n) is 7.75. The maximum atomic E-state index is 14.3. The minimum absolute atomic E-state index is 0.0112. The lowest BCUT2D eigenvalue weighted by Crippen LogP contribution is -2.30. The number of nitrogens with one attached hydrogen (secondary N) is 1. The smallest absolute Gasteiger partial charge is 0.341 e. The molecule has 0 radical (unpaired) electrons. The predicted molar refractivity (Wildman–Crippen MR) is 129 cm³/mol. The first-order valence-electron chi connectivity index (χ1n) is 10.6. The molecule has 4 rings (SSSR count). The first-order chi connectivity index (χ1) is 16.8. The van der Waals surface area contributed by atoms with E-state index in [1.165, 1.54) is 22.7 Å². The monoisotopic (exact) mass is 494 g/mol. The number of amides is 1. The molecule has 2 aromatic heterocycles. The molecule has 0 unspecified atom stereocenters. The second kappa shape index (κ2) is 10.4. The summed E-state index contributed by atoms with van der Waals surface area (Å²) in [5.41, 5.74) is 0.580. The van der Waals surface area contributed by atoms with Crippen molar-refractivity contribution in [3.8, 4) is 5.75 Å². The maximum absolute atomic E-state index is 14.3. The fourth-order valence-electron chi connectivity index (χ4n) is 3.63. The Morgan fingerprint density at radius 3 is 2.54 bits per heavy atom. The molecule has 178 valence electrons. The summed E-state index contributed by atoms with van der Waals surface area (Å²) < 4.78 is 20.9. The van der Waals surface area contributed by atoms with Crippen LogP contribution in [-0.2, 0) is 17.8 Å². The molecule has 0 bridgehead atoms. The molecule has 2 aromatic carbocycles. The summed E-state index contributed by atoms with van der Waals surface area (Å²) in [4.78, 5) is 36.8. The van der Waals surface area contributed by atoms with Gasteiger partial charge in [0.05, 0.1) is 10.5 Å². The average molecular weight is 495 g/mol. The fraction of sp³-hybridized carbons (Fsp3) is 0.115. The Labute approximate surface area is 204 Å². The van der Waals surface area contributed by atoms with E-state index in [9.17, 15) is 23.9 Å². The molecule has 1 amide bonds. The van der Waals surface area contributed by atoms with E-state index in [2.05, 4.69) is 5.32 Å². The molecular formula is C26H20ClFN2O5. The van der Waals surface area contributed by atoms with Crippen molar-refractivity contribution in [1.29, 1.82) is 0 Å². The lowest BCUT2D eigenvalue weighted by Gasteiger charge is -2.13. The number of para-hydroxylation sites is 1. The largest absolute Gasteiger partial charge is 0.484 e. The number of carbonyl (C=O) groups is 2. The van der Waals surface area contributed by atoms with Crippen molar-refractivity contribution in [2.24, 2.45) is 0 Å². The van der Waals surface area contributed by atoms with E-state index in [1.54, 1.807) is 48.5 Å². The number of ether oxygens (including phenoxy) is 1. The first kappa shape index (κ1) is 24.0. The Morgan fingerprint density at radius 2 is 1.80 bits per heavy atom. The second-order valence-corrected chi connectivity index (χ2v) is 8.16. The van der Waals surface area contributed by atoms with Crippen LogP contribution in [0.15, 0.2) is 77.7 Å². The molecule has 0 spiro atoms. The van der Waals surface area contributed by atoms with Gasteiger partial charge in [0, 0.05) is 19.2 Å². The van der Waals surface area contributed by atoms with Crippen LogP contribution in [0.1, 0.15) is 27.0 Å². The number of benzene rings is 2. The van der Waals surface area contributed by atoms with Crippen molar-refractivity contribution >= 4 is 29.0 Å². The van der Waals surface area contributed by atoms with Gasteiger partial charge in [0.25, 0.3) is 11.5 Å². The Bertz CT molecular complexity index is 1470. The number of aromatic nitrogens is 1. The summed E-state index contributed by atoms with van der Waals surface area (Å²) >= 11 is 5.86. The van der Waals surface area contributed by atoms with Crippen molar-refractivity contribution in [3.63, 3.8) is 0 Å². The number of hydrogen-bond donors (Lipinski definition) is 2. The maximum Gasteiger partial charge on any atom is 0.341 e. The number of pyridine rings is 2. The Kier molecular flexibility index (Phi) is 7.12. The third-order valence-electron chi connectivity index (χ3n) is 5.35. The highest BCUT2D eigenvalue weighted by Crippen LogP contribution is 2.21. The lowest BCUT2D eigenvalue weighted by molar-refractivity contribution is -0.123. The third kappa shape index (κ3) is 5.50. The van der Waals surface area contributed by atoms with Crippen LogP contribution in [0.25, 0.3) is 5.52 Å². The number of fused-ring (bicyclic) bond motifs is 1. The van der Waals surface area contributed by atoms with Gasteiger partial charge in [0.1, 0.15) is 17.1 Å². The van der Waals surface area contributed by atoms with Gasteiger partial charge in [-0.05, 0) is 47.0 Å². The summed E-state index contributed by atoms with van der Waals surface area (Å²) in [5.74, 6) is -1.82. The number of carboxylic acids is 1. The van der Waals surface area contributed by atoms with E-state index in [4.69, 9.17) is 16.3 Å². The number of rotatable bonds is 8. The minimum Gasteiger partial charge on any atom is -0.484 e. The van der Waals surface area contributed by atoms with Gasteiger partial charge in [0.15, 0.2) is 6.61 Å². The molecular weight excluding hydrogens is 475 g/mol. The molecule has 0 aliphatic carbocycles. The van der Waals surface area contributed by atoms with Crippen LogP contribution in [-0.4, -0.2) is 28.0 Å². The zero-order valence-electron chi connectivity index (χ0n) is 18.3. The van der Waals surface area contributed by atoms with Gasteiger partial charge >= 0.3 is 5.97 Å². The number of nitrogens with zero attached hydrogens (tertiary/aromatic N) is 1. The average Bonchev–Trinajstić information content (AvgIpc) is 2.85. The highest BCUT2D eigenvalue weighted by atomic mass is 35.5. The van der Waals surface area contributed by atoms with Crippen LogP contribution >= 0.6 is 11.6 Å². The SMILES string of the molecule is O=C(COc1ccccc1)NCc1cc(C(=O)O)c(=O)n2cc(Cc3cccc(Cl)c3F)ccc12. The number of hydrogen-bond acceptors (Lipinski definition) is 4. The molecule has 2 heterocycles. The standard InChI is InChI=1S/C26H20ClFN2O5/c27-21-8-4-5-17(24(21)28)11-16-9-10-22-18(12-20(26(33)34)25(32)30(22)14-16)13-29-23(31)15-35-19-6-2-1-3-7-19/h1-10,12,14H,11,13,15H2,(H,29,31)(H,33,34). The topological polar surface area (TPSA) is 97.1 Å². The Balaban J connectivity index is 1.60. The van der Waals surface area contributed by atoms with E-state index >= 15 is 0 Å². The van der Waals surface area contributed by atoms with Crippen molar-refractivity contribution in [2.45, 2.75) is 13.0 Å². The zero-order valence-corrected chi connectivity index (χ0v) is 19.1. The Morgan fingerprint density at radius 1 is 1.03 bits per heavy atom. The normalized spacial score (nSPS) is 10.8. The molecule has 2 N–H and O–H groups in total. The summed E-state index contributed by atoms with van der Waals surface area (Å²) in [7, 11) is 0. The zero-order chi connectivity index (χ0) is 24.9. The molecule has 4 aromatic rings. The highest BCUT2D eigenvalue weighted by Gasteiger charge is 2.16. The van der Waals surface area contributed by atoms with E-state index < -0.39 is 28.8 Å². The van der Waals surface area contributed by atoms with Crippen molar-refractivity contribution in [1.82, 2.24) is 9.72 Å². The molecule has 9 heteroatoms. The first-order valence-corrected chi connectivity index (χ1v) is 11.0. The van der Waals surface area contributed by atoms with Gasteiger partial charge in [-0.15, -0.1) is 0 Å². The van der Waals surface area contributed by atoms with Crippen molar-refractivity contribution in [3.05, 3.63) is 116 Å². The van der Waals surface area contributed by atoms with Crippen molar-refractivity contribution in [2.75, 3.05) is 6.61 Å². The van der Waals surface area contributed by atoms with Crippen LogP contribution < -0.4 is 15.6 Å². The van der Waals surface area contributed by atoms with Gasteiger partial charge in [0.2, 0.25) is 0 Å². The molecule has 7 nitrogen and oxygen atoms in total. The van der Waals surface area contributed by atoms with Gasteiger partial charge in [-0.1, -0.05) is 48.0 Å². The quantitative estimate of drug-likeness (QED) is 0.385. The van der Waals surface area contributed by atoms with Gasteiger partial charge in [-0.25, -0.2) is 9.18 Å². The Hall–Kier alpha value is -4.17. The molecule has 0 atom stereocenters. The molecule has 0 aliphatic heterocycles. The van der Waals surface area contributed by atoms with Crippen LogP contribution in [0, 0.1) is 5.82 Å². The van der Waals surface area contributed by atoms with Crippen LogP contribution in [0.4, 0.5) is 4.39 Å². The van der Waals surface area contributed by atoms with E-state index in [0.717, 1.165) is 0 Å². The third-order valence-corrected chi connectivity index (χ3v) is 5.64. The minimum atomic E-state index is -1.39. The summed E-state index contributed by atoms with van der Waals surface area (Å²) in [6.07, 6.45) is 1.61. The molecule has 0 saturated heterocycles. The number of halogens is 2. The van der Waals surface area contributed by atoms with Gasteiger partial charge in [-0.2, -0.15) is 0 Å². The molecule has 35 heavy (non-hydrogen) atoms. The summed E-state index contributed by atoms with van der Waals surface area (Å²) in [5, 5.41) is 12.2. The van der Waals surface area contributed by atoms with Gasteiger partial charge < -0.3 is 15.2 Å². The predicted octanol–water partition coefficient (Wildman–Crippen LogP) is 4.08. The van der Waals surface area contributed by atoms with E-state index in [-0.39, 0.29) is 24.6 Å². The number of carboxylic acid groups (broad SMARTS) is 1. The van der Waals surface area contributed by atoms with E-state index in [1.807, 2.05) is 6.07 Å².